The third-order valence-corrected chi connectivity index (χ3v) is 8.64. The molecule has 1 aromatic rings. The highest BCUT2D eigenvalue weighted by Gasteiger charge is 2.63. The molecule has 0 bridgehead atoms. The van der Waals surface area contributed by atoms with Gasteiger partial charge in [0, 0.05) is 11.8 Å². The maximum absolute atomic E-state index is 6.69. The van der Waals surface area contributed by atoms with Gasteiger partial charge in [-0.25, -0.2) is 0 Å². The predicted octanol–water partition coefficient (Wildman–Crippen LogP) is 6.88. The molecule has 3 aliphatic carbocycles. The molecular weight excluding hydrogens is 372 g/mol. The van der Waals surface area contributed by atoms with Crippen molar-refractivity contribution >= 4 is 0 Å². The van der Waals surface area contributed by atoms with Crippen LogP contribution in [0.4, 0.5) is 0 Å². The summed E-state index contributed by atoms with van der Waals surface area (Å²) < 4.78 is 18.9. The first-order valence-corrected chi connectivity index (χ1v) is 12.5. The highest BCUT2D eigenvalue weighted by Crippen LogP contribution is 2.65. The van der Waals surface area contributed by atoms with E-state index in [0.717, 1.165) is 44.1 Å². The second kappa shape index (κ2) is 9.20. The fraction of sp³-hybridized carbons (Fsp3) is 0.778. The Morgan fingerprint density at radius 2 is 1.70 bits per heavy atom. The molecule has 0 aromatic heterocycles. The van der Waals surface area contributed by atoms with Gasteiger partial charge >= 0.3 is 0 Å². The molecule has 0 aliphatic heterocycles. The van der Waals surface area contributed by atoms with E-state index < -0.39 is 0 Å². The molecule has 1 aromatic carbocycles. The number of methoxy groups -OCH3 is 1. The summed E-state index contributed by atoms with van der Waals surface area (Å²) in [6.45, 7) is 8.66. The third-order valence-electron chi connectivity index (χ3n) is 8.64. The van der Waals surface area contributed by atoms with E-state index in [9.17, 15) is 0 Å². The molecule has 0 spiro atoms. The molecule has 0 amide bonds. The van der Waals surface area contributed by atoms with Crippen molar-refractivity contribution in [3.05, 3.63) is 29.3 Å². The third kappa shape index (κ3) is 3.71. The lowest BCUT2D eigenvalue weighted by Gasteiger charge is -2.54. The van der Waals surface area contributed by atoms with Gasteiger partial charge in [-0.1, -0.05) is 39.7 Å². The Morgan fingerprint density at radius 3 is 2.37 bits per heavy atom. The van der Waals surface area contributed by atoms with Gasteiger partial charge in [-0.3, -0.25) is 0 Å². The highest BCUT2D eigenvalue weighted by atomic mass is 16.7. The second-order valence-electron chi connectivity index (χ2n) is 10.1. The van der Waals surface area contributed by atoms with Gasteiger partial charge in [0.15, 0.2) is 5.79 Å². The van der Waals surface area contributed by atoms with Crippen LogP contribution in [0, 0.1) is 17.3 Å². The Labute approximate surface area is 183 Å². The first kappa shape index (κ1) is 22.1. The summed E-state index contributed by atoms with van der Waals surface area (Å²) in [7, 11) is 1.77. The van der Waals surface area contributed by atoms with Crippen LogP contribution in [0.25, 0.3) is 0 Å². The Kier molecular flexibility index (Phi) is 6.79. The van der Waals surface area contributed by atoms with E-state index in [-0.39, 0.29) is 11.2 Å². The summed E-state index contributed by atoms with van der Waals surface area (Å²) in [5.41, 5.74) is 3.24. The van der Waals surface area contributed by atoms with Crippen LogP contribution in [0.15, 0.2) is 18.2 Å². The van der Waals surface area contributed by atoms with Crippen molar-refractivity contribution in [1.29, 1.82) is 0 Å². The van der Waals surface area contributed by atoms with Crippen LogP contribution in [0.3, 0.4) is 0 Å². The number of aryl methyl sites for hydroxylation is 1. The van der Waals surface area contributed by atoms with E-state index >= 15 is 0 Å². The Hall–Kier alpha value is -1.06. The molecule has 3 heteroatoms. The molecule has 4 atom stereocenters. The standard InChI is InChI=1S/C27H42O3/c1-5-7-17-29-27(30-18-8-6-2)16-14-25-24-11-9-20-19-21(28-4)10-12-22(20)23(24)13-15-26(25,27)3/h10,12,19,23-25H,5-9,11,13-18H2,1-4H3/t23-,24-,25+,26+/m1/s1. The van der Waals surface area contributed by atoms with Crippen LogP contribution in [-0.4, -0.2) is 26.1 Å². The van der Waals surface area contributed by atoms with E-state index in [1.54, 1.807) is 12.7 Å². The van der Waals surface area contributed by atoms with E-state index in [0.29, 0.717) is 11.8 Å². The largest absolute Gasteiger partial charge is 0.497 e. The first-order chi connectivity index (χ1) is 14.6. The number of rotatable bonds is 9. The molecule has 3 aliphatic rings. The highest BCUT2D eigenvalue weighted by molar-refractivity contribution is 5.40. The van der Waals surface area contributed by atoms with Crippen molar-refractivity contribution in [2.45, 2.75) is 96.7 Å². The second-order valence-corrected chi connectivity index (χ2v) is 10.1. The van der Waals surface area contributed by atoms with Crippen molar-refractivity contribution in [2.24, 2.45) is 17.3 Å². The van der Waals surface area contributed by atoms with Gasteiger partial charge in [0.2, 0.25) is 0 Å². The van der Waals surface area contributed by atoms with Crippen LogP contribution in [0.1, 0.15) is 95.6 Å². The van der Waals surface area contributed by atoms with Gasteiger partial charge < -0.3 is 14.2 Å². The molecule has 0 N–H and O–H groups in total. The van der Waals surface area contributed by atoms with Crippen molar-refractivity contribution in [2.75, 3.05) is 20.3 Å². The molecule has 0 radical (unpaired) electrons. The lowest BCUT2D eigenvalue weighted by Crippen LogP contribution is -2.54. The fourth-order valence-corrected chi connectivity index (χ4v) is 6.92. The van der Waals surface area contributed by atoms with Crippen LogP contribution >= 0.6 is 0 Å². The van der Waals surface area contributed by atoms with E-state index in [1.165, 1.54) is 50.5 Å². The molecule has 0 unspecified atom stereocenters. The van der Waals surface area contributed by atoms with E-state index in [2.05, 4.69) is 39.0 Å². The average molecular weight is 415 g/mol. The number of benzene rings is 1. The number of ether oxygens (including phenoxy) is 3. The summed E-state index contributed by atoms with van der Waals surface area (Å²) >= 11 is 0. The Bertz CT molecular complexity index is 704. The SMILES string of the molecule is CCCCOC1(OCCCC)CC[C@H]2[C@@H]3CCc4cc(OC)ccc4[C@H]3CC[C@@]21C. The normalized spacial score (nSPS) is 31.7. The van der Waals surface area contributed by atoms with Crippen molar-refractivity contribution in [3.8, 4) is 5.75 Å². The quantitative estimate of drug-likeness (QED) is 0.325. The van der Waals surface area contributed by atoms with Gasteiger partial charge in [-0.15, -0.1) is 0 Å². The lowest BCUT2D eigenvalue weighted by atomic mass is 9.55. The molecule has 2 fully saturated rings. The van der Waals surface area contributed by atoms with Gasteiger partial charge in [0.1, 0.15) is 5.75 Å². The number of hydrogen-bond donors (Lipinski definition) is 0. The number of unbranched alkanes of at least 4 members (excludes halogenated alkanes) is 2. The van der Waals surface area contributed by atoms with Crippen molar-refractivity contribution in [1.82, 2.24) is 0 Å². The molecule has 30 heavy (non-hydrogen) atoms. The Morgan fingerprint density at radius 1 is 0.967 bits per heavy atom. The minimum absolute atomic E-state index is 0.139. The molecule has 3 nitrogen and oxygen atoms in total. The number of hydrogen-bond acceptors (Lipinski definition) is 3. The van der Waals surface area contributed by atoms with Gasteiger partial charge in [0.25, 0.3) is 0 Å². The predicted molar refractivity (Wildman–Crippen MR) is 122 cm³/mol. The molecule has 0 heterocycles. The zero-order valence-electron chi connectivity index (χ0n) is 19.7. The lowest BCUT2D eigenvalue weighted by molar-refractivity contribution is -0.298. The van der Waals surface area contributed by atoms with Crippen LogP contribution in [0.5, 0.6) is 5.75 Å². The Balaban J connectivity index is 1.58. The minimum Gasteiger partial charge on any atom is -0.497 e. The van der Waals surface area contributed by atoms with Gasteiger partial charge in [-0.05, 0) is 86.0 Å². The maximum Gasteiger partial charge on any atom is 0.173 e. The number of fused-ring (bicyclic) bond motifs is 5. The summed E-state index contributed by atoms with van der Waals surface area (Å²) in [6.07, 6.45) is 11.9. The molecule has 168 valence electrons. The van der Waals surface area contributed by atoms with Crippen LogP contribution < -0.4 is 4.74 Å². The fourth-order valence-electron chi connectivity index (χ4n) is 6.92. The van der Waals surface area contributed by atoms with Crippen molar-refractivity contribution in [3.63, 3.8) is 0 Å². The van der Waals surface area contributed by atoms with Crippen LogP contribution in [0.2, 0.25) is 0 Å². The molecule has 2 saturated carbocycles. The van der Waals surface area contributed by atoms with E-state index in [4.69, 9.17) is 14.2 Å². The van der Waals surface area contributed by atoms with Crippen molar-refractivity contribution < 1.29 is 14.2 Å². The molecular formula is C27H42O3. The average Bonchev–Trinajstić information content (AvgIpc) is 3.06. The summed E-state index contributed by atoms with van der Waals surface area (Å²) in [5, 5.41) is 0. The maximum atomic E-state index is 6.69. The van der Waals surface area contributed by atoms with Gasteiger partial charge in [-0.2, -0.15) is 0 Å². The summed E-state index contributed by atoms with van der Waals surface area (Å²) in [4.78, 5) is 0. The van der Waals surface area contributed by atoms with Crippen LogP contribution in [-0.2, 0) is 15.9 Å². The summed E-state index contributed by atoms with van der Waals surface area (Å²) in [6, 6.07) is 6.79. The zero-order chi connectivity index (χ0) is 21.2. The molecule has 0 saturated heterocycles. The topological polar surface area (TPSA) is 27.7 Å². The minimum atomic E-state index is -0.368. The molecule has 4 rings (SSSR count). The monoisotopic (exact) mass is 414 g/mol. The zero-order valence-corrected chi connectivity index (χ0v) is 19.7. The van der Waals surface area contributed by atoms with Gasteiger partial charge in [0.05, 0.1) is 20.3 Å². The van der Waals surface area contributed by atoms with E-state index in [1.807, 2.05) is 0 Å². The smallest absolute Gasteiger partial charge is 0.173 e. The summed E-state index contributed by atoms with van der Waals surface area (Å²) in [5.74, 6) is 2.79. The first-order valence-electron chi connectivity index (χ1n) is 12.5.